The molecule has 0 aromatic carbocycles. The molecule has 2 aliphatic rings. The number of allylic oxidation sites excluding steroid dienone is 2. The summed E-state index contributed by atoms with van der Waals surface area (Å²) < 4.78 is 5.30. The highest BCUT2D eigenvalue weighted by Crippen LogP contribution is 2.27. The molecule has 2 heterocycles. The molecule has 1 fully saturated rings. The normalized spacial score (nSPS) is 38.5. The fourth-order valence-electron chi connectivity index (χ4n) is 1.81. The monoisotopic (exact) mass is 181 g/mol. The molecule has 5 N–H and O–H groups in total. The van der Waals surface area contributed by atoms with Crippen LogP contribution >= 0.6 is 0 Å². The molecule has 4 nitrogen and oxygen atoms in total. The van der Waals surface area contributed by atoms with Gasteiger partial charge in [0.25, 0.3) is 0 Å². The van der Waals surface area contributed by atoms with Crippen molar-refractivity contribution >= 4 is 0 Å². The van der Waals surface area contributed by atoms with Crippen molar-refractivity contribution in [2.75, 3.05) is 13.2 Å². The number of ether oxygens (including phenoxy) is 1. The molecule has 0 saturated carbocycles. The van der Waals surface area contributed by atoms with Gasteiger partial charge in [0.1, 0.15) is 5.66 Å². The van der Waals surface area contributed by atoms with Crippen molar-refractivity contribution in [2.24, 2.45) is 17.4 Å². The van der Waals surface area contributed by atoms with Gasteiger partial charge >= 0.3 is 0 Å². The van der Waals surface area contributed by atoms with E-state index in [9.17, 15) is 0 Å². The molecule has 0 radical (unpaired) electrons. The zero-order valence-electron chi connectivity index (χ0n) is 7.49. The maximum Gasteiger partial charge on any atom is 0.131 e. The second-order valence-corrected chi connectivity index (χ2v) is 3.55. The first-order valence-electron chi connectivity index (χ1n) is 4.50. The Hall–Kier alpha value is -1.00. The summed E-state index contributed by atoms with van der Waals surface area (Å²) >= 11 is 0. The largest absolute Gasteiger partial charge is 0.399 e. The minimum Gasteiger partial charge on any atom is -0.399 e. The molecule has 13 heavy (non-hydrogen) atoms. The first-order chi connectivity index (χ1) is 6.23. The molecule has 1 saturated heterocycles. The second-order valence-electron chi connectivity index (χ2n) is 3.55. The third-order valence-electron chi connectivity index (χ3n) is 2.75. The van der Waals surface area contributed by atoms with Crippen molar-refractivity contribution < 1.29 is 4.74 Å². The van der Waals surface area contributed by atoms with E-state index in [0.717, 1.165) is 13.0 Å². The van der Waals surface area contributed by atoms with Gasteiger partial charge in [0.05, 0.1) is 6.61 Å². The van der Waals surface area contributed by atoms with Gasteiger partial charge in [-0.2, -0.15) is 0 Å². The first kappa shape index (κ1) is 8.59. The molecular weight excluding hydrogens is 166 g/mol. The molecule has 0 aromatic heterocycles. The van der Waals surface area contributed by atoms with Gasteiger partial charge < -0.3 is 21.5 Å². The van der Waals surface area contributed by atoms with Crippen molar-refractivity contribution in [3.63, 3.8) is 0 Å². The highest BCUT2D eigenvalue weighted by molar-refractivity contribution is 5.27. The van der Waals surface area contributed by atoms with Gasteiger partial charge in [-0.25, -0.2) is 0 Å². The van der Waals surface area contributed by atoms with Crippen molar-refractivity contribution in [1.82, 2.24) is 5.32 Å². The summed E-state index contributed by atoms with van der Waals surface area (Å²) in [5.74, 6) is 0.272. The summed E-state index contributed by atoms with van der Waals surface area (Å²) in [4.78, 5) is 0. The molecule has 0 spiro atoms. The lowest BCUT2D eigenvalue weighted by atomic mass is 9.88. The van der Waals surface area contributed by atoms with Crippen LogP contribution in [0.2, 0.25) is 0 Å². The fraction of sp³-hybridized carbons (Fsp3) is 0.556. The van der Waals surface area contributed by atoms with E-state index in [2.05, 4.69) is 5.32 Å². The van der Waals surface area contributed by atoms with E-state index >= 15 is 0 Å². The summed E-state index contributed by atoms with van der Waals surface area (Å²) in [6, 6.07) is 0. The van der Waals surface area contributed by atoms with Crippen LogP contribution in [0.15, 0.2) is 24.0 Å². The lowest BCUT2D eigenvalue weighted by Gasteiger charge is -2.37. The van der Waals surface area contributed by atoms with E-state index in [4.69, 9.17) is 16.2 Å². The van der Waals surface area contributed by atoms with Crippen LogP contribution in [0.4, 0.5) is 0 Å². The van der Waals surface area contributed by atoms with Gasteiger partial charge in [-0.05, 0) is 24.8 Å². The second kappa shape index (κ2) is 3.05. The smallest absolute Gasteiger partial charge is 0.131 e. The lowest BCUT2D eigenvalue weighted by Crippen LogP contribution is -2.61. The highest BCUT2D eigenvalue weighted by Gasteiger charge is 2.39. The molecule has 2 atom stereocenters. The molecule has 2 rings (SSSR count). The van der Waals surface area contributed by atoms with Crippen LogP contribution in [0.25, 0.3) is 0 Å². The van der Waals surface area contributed by atoms with Crippen LogP contribution in [0.5, 0.6) is 0 Å². The predicted molar refractivity (Wildman–Crippen MR) is 50.4 cm³/mol. The van der Waals surface area contributed by atoms with Crippen LogP contribution in [0.3, 0.4) is 0 Å². The molecule has 72 valence electrons. The Morgan fingerprint density at radius 1 is 1.62 bits per heavy atom. The lowest BCUT2D eigenvalue weighted by molar-refractivity contribution is 0.164. The van der Waals surface area contributed by atoms with E-state index in [1.54, 1.807) is 0 Å². The standard InChI is InChI=1S/C9H15N3O/c10-8-2-1-4-12-9(8,11)7-3-5-13-6-7/h1-2,4,7,12H,3,5-6,10-11H2. The topological polar surface area (TPSA) is 73.3 Å². The zero-order chi connectivity index (χ0) is 9.31. The van der Waals surface area contributed by atoms with Crippen LogP contribution in [0.1, 0.15) is 6.42 Å². The average Bonchev–Trinajstić information content (AvgIpc) is 2.63. The number of nitrogens with two attached hydrogens (primary N) is 2. The quantitative estimate of drug-likeness (QED) is 0.516. The van der Waals surface area contributed by atoms with Crippen molar-refractivity contribution in [1.29, 1.82) is 0 Å². The van der Waals surface area contributed by atoms with Crippen molar-refractivity contribution in [3.8, 4) is 0 Å². The third-order valence-corrected chi connectivity index (χ3v) is 2.75. The summed E-state index contributed by atoms with van der Waals surface area (Å²) in [6.45, 7) is 1.47. The third kappa shape index (κ3) is 1.32. The molecule has 4 heteroatoms. The summed E-state index contributed by atoms with van der Waals surface area (Å²) in [5, 5.41) is 3.11. The molecule has 0 bridgehead atoms. The van der Waals surface area contributed by atoms with Gasteiger partial charge in [0, 0.05) is 18.2 Å². The number of hydrogen-bond donors (Lipinski definition) is 3. The summed E-state index contributed by atoms with van der Waals surface area (Å²) in [7, 11) is 0. The highest BCUT2D eigenvalue weighted by atomic mass is 16.5. The summed E-state index contributed by atoms with van der Waals surface area (Å²) in [5.41, 5.74) is 12.1. The van der Waals surface area contributed by atoms with Gasteiger partial charge in [-0.15, -0.1) is 0 Å². The van der Waals surface area contributed by atoms with E-state index in [1.165, 1.54) is 0 Å². The number of dihydropyridines is 1. The molecule has 0 aliphatic carbocycles. The van der Waals surface area contributed by atoms with Gasteiger partial charge in [0.15, 0.2) is 0 Å². The minimum atomic E-state index is -0.606. The van der Waals surface area contributed by atoms with E-state index in [1.807, 2.05) is 18.4 Å². The molecule has 0 aromatic rings. The molecule has 2 unspecified atom stereocenters. The van der Waals surface area contributed by atoms with E-state index in [0.29, 0.717) is 12.3 Å². The Labute approximate surface area is 77.6 Å². The fourth-order valence-corrected chi connectivity index (χ4v) is 1.81. The maximum absolute atomic E-state index is 6.17. The Morgan fingerprint density at radius 2 is 2.46 bits per heavy atom. The molecule has 2 aliphatic heterocycles. The Morgan fingerprint density at radius 3 is 3.08 bits per heavy atom. The Kier molecular flexibility index (Phi) is 2.01. The van der Waals surface area contributed by atoms with Crippen LogP contribution in [-0.4, -0.2) is 18.9 Å². The van der Waals surface area contributed by atoms with Gasteiger partial charge in [-0.1, -0.05) is 0 Å². The average molecular weight is 181 g/mol. The van der Waals surface area contributed by atoms with E-state index < -0.39 is 5.66 Å². The Balaban J connectivity index is 2.19. The Bertz CT molecular complexity index is 256. The van der Waals surface area contributed by atoms with Crippen molar-refractivity contribution in [2.45, 2.75) is 12.1 Å². The van der Waals surface area contributed by atoms with E-state index in [-0.39, 0.29) is 5.92 Å². The number of nitrogens with one attached hydrogen (secondary N) is 1. The molecular formula is C9H15N3O. The number of rotatable bonds is 1. The summed E-state index contributed by atoms with van der Waals surface area (Å²) in [6.07, 6.45) is 6.49. The van der Waals surface area contributed by atoms with Crippen LogP contribution in [-0.2, 0) is 4.74 Å². The van der Waals surface area contributed by atoms with Crippen LogP contribution in [0, 0.1) is 5.92 Å². The number of hydrogen-bond acceptors (Lipinski definition) is 4. The van der Waals surface area contributed by atoms with Crippen LogP contribution < -0.4 is 16.8 Å². The van der Waals surface area contributed by atoms with Crippen molar-refractivity contribution in [3.05, 3.63) is 24.0 Å². The SMILES string of the molecule is NC1=CC=CNC1(N)C1CCOC1. The molecule has 0 amide bonds. The predicted octanol–water partition coefficient (Wildman–Crippen LogP) is -0.363. The zero-order valence-corrected chi connectivity index (χ0v) is 7.49. The maximum atomic E-state index is 6.17. The van der Waals surface area contributed by atoms with Gasteiger partial charge in [-0.3, -0.25) is 0 Å². The van der Waals surface area contributed by atoms with Gasteiger partial charge in [0.2, 0.25) is 0 Å². The first-order valence-corrected chi connectivity index (χ1v) is 4.50. The minimum absolute atomic E-state index is 0.272.